The molecular formula is C21H29ClN4O2S. The van der Waals surface area contributed by atoms with Crippen molar-refractivity contribution < 1.29 is 9.90 Å². The minimum Gasteiger partial charge on any atom is -0.386 e. The van der Waals surface area contributed by atoms with Gasteiger partial charge in [-0.15, -0.1) is 11.3 Å². The molecule has 0 bridgehead atoms. The predicted octanol–water partition coefficient (Wildman–Crippen LogP) is 4.17. The zero-order valence-electron chi connectivity index (χ0n) is 17.0. The third-order valence-corrected chi connectivity index (χ3v) is 5.29. The summed E-state index contributed by atoms with van der Waals surface area (Å²) in [5.41, 5.74) is 1.75. The van der Waals surface area contributed by atoms with Crippen molar-refractivity contribution in [3.63, 3.8) is 0 Å². The minimum atomic E-state index is -0.657. The van der Waals surface area contributed by atoms with Crippen molar-refractivity contribution in [2.45, 2.75) is 39.8 Å². The number of aliphatic hydroxyl groups is 1. The van der Waals surface area contributed by atoms with E-state index in [4.69, 9.17) is 11.6 Å². The maximum atomic E-state index is 12.0. The molecule has 1 aromatic heterocycles. The van der Waals surface area contributed by atoms with Gasteiger partial charge < -0.3 is 21.1 Å². The number of nitrogens with zero attached hydrogens (tertiary/aromatic N) is 1. The number of halogens is 1. The van der Waals surface area contributed by atoms with Crippen molar-refractivity contribution in [2.24, 2.45) is 10.9 Å². The summed E-state index contributed by atoms with van der Waals surface area (Å²) in [6.45, 7) is 7.50. The second kappa shape index (κ2) is 11.8. The molecule has 0 saturated heterocycles. The molecule has 0 spiro atoms. The number of carbonyl (C=O) groups is 1. The highest BCUT2D eigenvalue weighted by Gasteiger charge is 2.11. The normalized spacial score (nSPS) is 12.7. The second-order valence-corrected chi connectivity index (χ2v) is 8.83. The first-order valence-corrected chi connectivity index (χ1v) is 10.9. The van der Waals surface area contributed by atoms with E-state index in [0.717, 1.165) is 16.1 Å². The van der Waals surface area contributed by atoms with Crippen LogP contribution in [-0.4, -0.2) is 30.1 Å². The standard InChI is InChI=1S/C21H29ClN4O2S/c1-4-23-21(25-13-17(27)18-8-9-19(22)29-18)24-12-15-6-5-7-16(11-15)26-20(28)10-14(2)3/h5-9,11,14,17,27H,4,10,12-13H2,1-3H3,(H,26,28)(H2,23,24,25). The fourth-order valence-corrected chi connectivity index (χ4v) is 3.69. The largest absolute Gasteiger partial charge is 0.386 e. The van der Waals surface area contributed by atoms with E-state index in [-0.39, 0.29) is 5.91 Å². The van der Waals surface area contributed by atoms with Gasteiger partial charge in [-0.3, -0.25) is 4.79 Å². The Morgan fingerprint density at radius 2 is 2.03 bits per heavy atom. The number of benzene rings is 1. The minimum absolute atomic E-state index is 0.0123. The van der Waals surface area contributed by atoms with Gasteiger partial charge >= 0.3 is 0 Å². The van der Waals surface area contributed by atoms with Crippen LogP contribution in [0.4, 0.5) is 5.69 Å². The molecule has 1 heterocycles. The average molecular weight is 437 g/mol. The van der Waals surface area contributed by atoms with E-state index in [0.29, 0.717) is 42.3 Å². The molecule has 158 valence electrons. The molecule has 2 rings (SSSR count). The Morgan fingerprint density at radius 3 is 2.69 bits per heavy atom. The fourth-order valence-electron chi connectivity index (χ4n) is 2.64. The van der Waals surface area contributed by atoms with Gasteiger partial charge in [-0.2, -0.15) is 0 Å². The van der Waals surface area contributed by atoms with E-state index in [1.807, 2.05) is 51.1 Å². The molecule has 8 heteroatoms. The highest BCUT2D eigenvalue weighted by molar-refractivity contribution is 7.16. The third kappa shape index (κ3) is 8.43. The number of anilines is 1. The van der Waals surface area contributed by atoms with Crippen LogP contribution in [0, 0.1) is 5.92 Å². The van der Waals surface area contributed by atoms with Crippen molar-refractivity contribution >= 4 is 40.5 Å². The molecule has 0 saturated carbocycles. The van der Waals surface area contributed by atoms with Crippen LogP contribution in [-0.2, 0) is 11.3 Å². The van der Waals surface area contributed by atoms with E-state index in [1.54, 1.807) is 6.07 Å². The summed E-state index contributed by atoms with van der Waals surface area (Å²) in [7, 11) is 0. The lowest BCUT2D eigenvalue weighted by Crippen LogP contribution is -2.39. The molecule has 0 aliphatic carbocycles. The first-order chi connectivity index (χ1) is 13.9. The van der Waals surface area contributed by atoms with Crippen LogP contribution in [0.25, 0.3) is 0 Å². The van der Waals surface area contributed by atoms with Crippen LogP contribution in [0.1, 0.15) is 43.7 Å². The smallest absolute Gasteiger partial charge is 0.224 e. The second-order valence-electron chi connectivity index (χ2n) is 7.08. The number of carbonyl (C=O) groups excluding carboxylic acids is 1. The van der Waals surface area contributed by atoms with Crippen LogP contribution in [0.5, 0.6) is 0 Å². The lowest BCUT2D eigenvalue weighted by atomic mass is 10.1. The van der Waals surface area contributed by atoms with Gasteiger partial charge in [0.05, 0.1) is 10.9 Å². The number of hydrogen-bond donors (Lipinski definition) is 4. The number of hydrogen-bond acceptors (Lipinski definition) is 4. The zero-order chi connectivity index (χ0) is 21.2. The van der Waals surface area contributed by atoms with Gasteiger partial charge in [0.25, 0.3) is 0 Å². The lowest BCUT2D eigenvalue weighted by Gasteiger charge is -2.14. The molecule has 1 unspecified atom stereocenters. The lowest BCUT2D eigenvalue weighted by molar-refractivity contribution is -0.116. The van der Waals surface area contributed by atoms with Crippen molar-refractivity contribution in [1.82, 2.24) is 10.6 Å². The summed E-state index contributed by atoms with van der Waals surface area (Å²) in [4.78, 5) is 17.3. The maximum absolute atomic E-state index is 12.0. The van der Waals surface area contributed by atoms with E-state index in [9.17, 15) is 9.90 Å². The Bertz CT molecular complexity index is 823. The number of guanidine groups is 1. The Labute approximate surface area is 181 Å². The predicted molar refractivity (Wildman–Crippen MR) is 122 cm³/mol. The van der Waals surface area contributed by atoms with Gasteiger partial charge in [-0.05, 0) is 42.7 Å². The number of aliphatic hydroxyl groups excluding tert-OH is 1. The molecule has 1 amide bonds. The first-order valence-electron chi connectivity index (χ1n) is 9.71. The quantitative estimate of drug-likeness (QED) is 0.351. The molecule has 0 radical (unpaired) electrons. The summed E-state index contributed by atoms with van der Waals surface area (Å²) in [5.74, 6) is 0.943. The van der Waals surface area contributed by atoms with Gasteiger partial charge in [0.2, 0.25) is 5.91 Å². The monoisotopic (exact) mass is 436 g/mol. The number of amides is 1. The van der Waals surface area contributed by atoms with Crippen LogP contribution >= 0.6 is 22.9 Å². The zero-order valence-corrected chi connectivity index (χ0v) is 18.6. The Kier molecular flexibility index (Phi) is 9.44. The Morgan fingerprint density at radius 1 is 1.24 bits per heavy atom. The van der Waals surface area contributed by atoms with Gasteiger partial charge in [0.1, 0.15) is 6.10 Å². The van der Waals surface area contributed by atoms with Gasteiger partial charge in [-0.25, -0.2) is 4.99 Å². The topological polar surface area (TPSA) is 85.8 Å². The Hall–Kier alpha value is -2.09. The highest BCUT2D eigenvalue weighted by atomic mass is 35.5. The molecule has 2 aromatic rings. The van der Waals surface area contributed by atoms with Crippen molar-refractivity contribution in [1.29, 1.82) is 0 Å². The summed E-state index contributed by atoms with van der Waals surface area (Å²) in [6.07, 6.45) is -0.162. The number of aliphatic imine (C=N–C) groups is 1. The molecule has 4 N–H and O–H groups in total. The maximum Gasteiger partial charge on any atom is 0.224 e. The van der Waals surface area contributed by atoms with Crippen molar-refractivity contribution in [2.75, 3.05) is 18.4 Å². The summed E-state index contributed by atoms with van der Waals surface area (Å²) in [5, 5.41) is 19.5. The SMILES string of the molecule is CCNC(=NCc1cccc(NC(=O)CC(C)C)c1)NCC(O)c1ccc(Cl)s1. The number of thiophene rings is 1. The summed E-state index contributed by atoms with van der Waals surface area (Å²) >= 11 is 7.29. The first kappa shape index (κ1) is 23.2. The molecule has 29 heavy (non-hydrogen) atoms. The highest BCUT2D eigenvalue weighted by Crippen LogP contribution is 2.26. The van der Waals surface area contributed by atoms with Crippen LogP contribution in [0.2, 0.25) is 4.34 Å². The van der Waals surface area contributed by atoms with Crippen LogP contribution in [0.15, 0.2) is 41.4 Å². The molecule has 0 aliphatic heterocycles. The van der Waals surface area contributed by atoms with Gasteiger partial charge in [0, 0.05) is 30.1 Å². The molecule has 0 aliphatic rings. The molecule has 0 fully saturated rings. The molecule has 1 atom stereocenters. The van der Waals surface area contributed by atoms with Crippen LogP contribution in [0.3, 0.4) is 0 Å². The molecular weight excluding hydrogens is 408 g/mol. The third-order valence-electron chi connectivity index (χ3n) is 3.95. The summed E-state index contributed by atoms with van der Waals surface area (Å²) in [6, 6.07) is 11.3. The number of rotatable bonds is 9. The van der Waals surface area contributed by atoms with E-state index in [2.05, 4.69) is 20.9 Å². The Balaban J connectivity index is 1.95. The average Bonchev–Trinajstić information content (AvgIpc) is 3.10. The molecule has 6 nitrogen and oxygen atoms in total. The van der Waals surface area contributed by atoms with E-state index < -0.39 is 6.10 Å². The number of nitrogens with one attached hydrogen (secondary N) is 3. The fraction of sp³-hybridized carbons (Fsp3) is 0.429. The van der Waals surface area contributed by atoms with Crippen LogP contribution < -0.4 is 16.0 Å². The van der Waals surface area contributed by atoms with Crippen molar-refractivity contribution in [3.05, 3.63) is 51.2 Å². The van der Waals surface area contributed by atoms with E-state index >= 15 is 0 Å². The molecule has 1 aromatic carbocycles. The van der Waals surface area contributed by atoms with Crippen molar-refractivity contribution in [3.8, 4) is 0 Å². The summed E-state index contributed by atoms with van der Waals surface area (Å²) < 4.78 is 0.653. The van der Waals surface area contributed by atoms with Gasteiger partial charge in [0.15, 0.2) is 5.96 Å². The van der Waals surface area contributed by atoms with Gasteiger partial charge in [-0.1, -0.05) is 37.6 Å². The van der Waals surface area contributed by atoms with E-state index in [1.165, 1.54) is 11.3 Å².